The molecule has 0 saturated heterocycles. The van der Waals surface area contributed by atoms with Gasteiger partial charge < -0.3 is 4.74 Å². The van der Waals surface area contributed by atoms with Gasteiger partial charge >= 0.3 is 0 Å². The van der Waals surface area contributed by atoms with E-state index < -0.39 is 0 Å². The molecule has 0 radical (unpaired) electrons. The molecule has 0 aromatic rings. The smallest absolute Gasteiger partial charge is 0.225 e. The lowest BCUT2D eigenvalue weighted by Crippen LogP contribution is -2.30. The van der Waals surface area contributed by atoms with Crippen LogP contribution in [0.15, 0.2) is 0 Å². The van der Waals surface area contributed by atoms with E-state index in [4.69, 9.17) is 0 Å². The molecule has 4 nitrogen and oxygen atoms in total. The summed E-state index contributed by atoms with van der Waals surface area (Å²) in [4.78, 5) is 21.7. The van der Waals surface area contributed by atoms with Crippen LogP contribution in [0.3, 0.4) is 0 Å². The number of methoxy groups -OCH3 is 1. The van der Waals surface area contributed by atoms with Crippen molar-refractivity contribution in [2.24, 2.45) is 0 Å². The van der Waals surface area contributed by atoms with Gasteiger partial charge in [0.15, 0.2) is 0 Å². The van der Waals surface area contributed by atoms with Crippen LogP contribution in [-0.2, 0) is 14.3 Å². The number of nitrogens with zero attached hydrogens (tertiary/aromatic N) is 1. The molecule has 0 unspecified atom stereocenters. The number of imide groups is 1. The van der Waals surface area contributed by atoms with Gasteiger partial charge in [-0.25, -0.2) is 0 Å². The maximum absolute atomic E-state index is 10.5. The molecule has 10 heavy (non-hydrogen) atoms. The van der Waals surface area contributed by atoms with E-state index in [1.165, 1.54) is 14.0 Å². The van der Waals surface area contributed by atoms with Crippen LogP contribution in [0.1, 0.15) is 6.92 Å². The summed E-state index contributed by atoms with van der Waals surface area (Å²) in [5.74, 6) is -0.257. The lowest BCUT2D eigenvalue weighted by Gasteiger charge is -2.10. The zero-order valence-electron chi connectivity index (χ0n) is 6.16. The van der Waals surface area contributed by atoms with Gasteiger partial charge in [0.05, 0.1) is 13.2 Å². The molecule has 0 spiro atoms. The van der Waals surface area contributed by atoms with E-state index in [1.54, 1.807) is 0 Å². The Kier molecular flexibility index (Phi) is 4.49. The van der Waals surface area contributed by atoms with E-state index >= 15 is 0 Å². The van der Waals surface area contributed by atoms with Crippen LogP contribution in [0.2, 0.25) is 0 Å². The Labute approximate surface area is 59.8 Å². The number of ether oxygens (including phenoxy) is 1. The molecule has 0 aliphatic carbocycles. The van der Waals surface area contributed by atoms with Crippen LogP contribution in [0.4, 0.5) is 0 Å². The van der Waals surface area contributed by atoms with Crippen molar-refractivity contribution in [3.8, 4) is 0 Å². The number of rotatable bonds is 4. The van der Waals surface area contributed by atoms with Crippen molar-refractivity contribution in [1.82, 2.24) is 4.90 Å². The zero-order valence-corrected chi connectivity index (χ0v) is 6.16. The molecule has 0 fully saturated rings. The Hall–Kier alpha value is -0.900. The number of carbonyl (C=O) groups excluding carboxylic acids is 2. The average Bonchev–Trinajstić information content (AvgIpc) is 1.89. The molecule has 0 aliphatic heterocycles. The second-order valence-electron chi connectivity index (χ2n) is 1.81. The van der Waals surface area contributed by atoms with Gasteiger partial charge in [-0.05, 0) is 0 Å². The van der Waals surface area contributed by atoms with E-state index in [2.05, 4.69) is 4.74 Å². The van der Waals surface area contributed by atoms with Gasteiger partial charge in [0.2, 0.25) is 12.3 Å². The summed E-state index contributed by atoms with van der Waals surface area (Å²) in [5, 5.41) is 0. The predicted molar refractivity (Wildman–Crippen MR) is 35.3 cm³/mol. The summed E-state index contributed by atoms with van der Waals surface area (Å²) in [6.07, 6.45) is 0.501. The maximum Gasteiger partial charge on any atom is 0.225 e. The zero-order chi connectivity index (χ0) is 7.98. The second kappa shape index (κ2) is 4.93. The summed E-state index contributed by atoms with van der Waals surface area (Å²) in [6.45, 7) is 2.05. The molecule has 0 aromatic carbocycles. The molecule has 0 aliphatic rings. The minimum Gasteiger partial charge on any atom is -0.383 e. The predicted octanol–water partition coefficient (Wildman–Crippen LogP) is -0.362. The van der Waals surface area contributed by atoms with Gasteiger partial charge in [-0.3, -0.25) is 14.5 Å². The maximum atomic E-state index is 10.5. The Bertz CT molecular complexity index is 124. The molecule has 58 valence electrons. The molecule has 0 N–H and O–H groups in total. The van der Waals surface area contributed by atoms with Crippen LogP contribution in [0.25, 0.3) is 0 Å². The molecule has 0 heterocycles. The highest BCUT2D eigenvalue weighted by Gasteiger charge is 2.04. The van der Waals surface area contributed by atoms with Crippen LogP contribution >= 0.6 is 0 Å². The van der Waals surface area contributed by atoms with Crippen molar-refractivity contribution in [2.45, 2.75) is 6.92 Å². The van der Waals surface area contributed by atoms with Crippen molar-refractivity contribution in [3.63, 3.8) is 0 Å². The fourth-order valence-corrected chi connectivity index (χ4v) is 0.474. The fourth-order valence-electron chi connectivity index (χ4n) is 0.474. The molecule has 4 heteroatoms. The lowest BCUT2D eigenvalue weighted by molar-refractivity contribution is -0.137. The first-order valence-corrected chi connectivity index (χ1v) is 2.93. The van der Waals surface area contributed by atoms with E-state index in [0.717, 1.165) is 4.90 Å². The Balaban J connectivity index is 3.60. The van der Waals surface area contributed by atoms with Crippen molar-refractivity contribution >= 4 is 12.3 Å². The third-order valence-corrected chi connectivity index (χ3v) is 1.07. The summed E-state index contributed by atoms with van der Waals surface area (Å²) >= 11 is 0. The van der Waals surface area contributed by atoms with E-state index in [-0.39, 0.29) is 5.91 Å². The summed E-state index contributed by atoms with van der Waals surface area (Å²) in [7, 11) is 1.52. The standard InChI is InChI=1S/C6H11NO3/c1-6(9)7(5-8)3-4-10-2/h5H,3-4H2,1-2H3. The van der Waals surface area contributed by atoms with Crippen molar-refractivity contribution < 1.29 is 14.3 Å². The third kappa shape index (κ3) is 3.19. The number of amides is 2. The molecule has 0 rings (SSSR count). The van der Waals surface area contributed by atoms with Crippen LogP contribution in [0, 0.1) is 0 Å². The highest BCUT2D eigenvalue weighted by molar-refractivity contribution is 5.83. The molecular weight excluding hydrogens is 134 g/mol. The van der Waals surface area contributed by atoms with E-state index in [0.29, 0.717) is 19.6 Å². The third-order valence-electron chi connectivity index (χ3n) is 1.07. The van der Waals surface area contributed by atoms with Crippen molar-refractivity contribution in [1.29, 1.82) is 0 Å². The Morgan fingerprint density at radius 1 is 1.70 bits per heavy atom. The van der Waals surface area contributed by atoms with Gasteiger partial charge in [-0.15, -0.1) is 0 Å². The quantitative estimate of drug-likeness (QED) is 0.507. The number of carbonyl (C=O) groups is 2. The summed E-state index contributed by atoms with van der Waals surface area (Å²) < 4.78 is 4.67. The molecule has 2 amide bonds. The first kappa shape index (κ1) is 9.10. The monoisotopic (exact) mass is 145 g/mol. The topological polar surface area (TPSA) is 46.6 Å². The van der Waals surface area contributed by atoms with Crippen LogP contribution < -0.4 is 0 Å². The van der Waals surface area contributed by atoms with Crippen molar-refractivity contribution in [3.05, 3.63) is 0 Å². The summed E-state index contributed by atoms with van der Waals surface area (Å²) in [6, 6.07) is 0. The fraction of sp³-hybridized carbons (Fsp3) is 0.667. The second-order valence-corrected chi connectivity index (χ2v) is 1.81. The van der Waals surface area contributed by atoms with E-state index in [9.17, 15) is 9.59 Å². The van der Waals surface area contributed by atoms with Crippen LogP contribution in [-0.4, -0.2) is 37.5 Å². The van der Waals surface area contributed by atoms with Gasteiger partial charge in [0.25, 0.3) is 0 Å². The first-order valence-electron chi connectivity index (χ1n) is 2.93. The molecular formula is C6H11NO3. The normalized spacial score (nSPS) is 9.00. The first-order chi connectivity index (χ1) is 4.72. The van der Waals surface area contributed by atoms with Crippen molar-refractivity contribution in [2.75, 3.05) is 20.3 Å². The largest absolute Gasteiger partial charge is 0.383 e. The Morgan fingerprint density at radius 3 is 2.60 bits per heavy atom. The highest BCUT2D eigenvalue weighted by atomic mass is 16.5. The van der Waals surface area contributed by atoms with Gasteiger partial charge in [-0.1, -0.05) is 0 Å². The SMILES string of the molecule is COCCN(C=O)C(C)=O. The minimum atomic E-state index is -0.257. The number of hydrogen-bond acceptors (Lipinski definition) is 3. The Morgan fingerprint density at radius 2 is 2.30 bits per heavy atom. The number of hydrogen-bond donors (Lipinski definition) is 0. The van der Waals surface area contributed by atoms with Gasteiger partial charge in [0, 0.05) is 14.0 Å². The average molecular weight is 145 g/mol. The van der Waals surface area contributed by atoms with Crippen LogP contribution in [0.5, 0.6) is 0 Å². The molecule has 0 atom stereocenters. The molecule has 0 saturated carbocycles. The molecule has 0 bridgehead atoms. The van der Waals surface area contributed by atoms with Gasteiger partial charge in [-0.2, -0.15) is 0 Å². The van der Waals surface area contributed by atoms with Gasteiger partial charge in [0.1, 0.15) is 0 Å². The minimum absolute atomic E-state index is 0.257. The van der Waals surface area contributed by atoms with E-state index in [1.807, 2.05) is 0 Å². The molecule has 0 aromatic heterocycles. The highest BCUT2D eigenvalue weighted by Crippen LogP contribution is 1.82. The summed E-state index contributed by atoms with van der Waals surface area (Å²) in [5.41, 5.74) is 0. The lowest BCUT2D eigenvalue weighted by atomic mass is 10.5.